The molecule has 0 bridgehead atoms. The maximum absolute atomic E-state index is 3.69. The normalized spacial score (nSPS) is 14.0. The largest absolute Gasteiger partial charge is 0.138 e. The molecule has 0 radical (unpaired) electrons. The first kappa shape index (κ1) is 12.5. The second-order valence-corrected chi connectivity index (χ2v) is 5.84. The third kappa shape index (κ3) is 2.94. The second-order valence-electron chi connectivity index (χ2n) is 3.02. The van der Waals surface area contributed by atoms with Crippen molar-refractivity contribution in [2.75, 3.05) is 12.0 Å². The van der Waals surface area contributed by atoms with E-state index in [4.69, 9.17) is 0 Å². The quantitative estimate of drug-likeness (QED) is 0.552. The average Bonchev–Trinajstić information content (AvgIpc) is 2.30. The molecule has 1 unspecified atom stereocenters. The molecule has 0 fully saturated rings. The monoisotopic (exact) mass is 236 g/mol. The minimum atomic E-state index is -0.0300. The Labute approximate surface area is 101 Å². The van der Waals surface area contributed by atoms with Crippen LogP contribution in [0.5, 0.6) is 0 Å². The summed E-state index contributed by atoms with van der Waals surface area (Å²) in [5.41, 5.74) is 4.23. The smallest absolute Gasteiger partial charge is 0.111 e. The van der Waals surface area contributed by atoms with Gasteiger partial charge in [-0.05, 0) is 23.6 Å². The van der Waals surface area contributed by atoms with Crippen molar-refractivity contribution in [2.24, 2.45) is 0 Å². The summed E-state index contributed by atoms with van der Waals surface area (Å²) in [5, 5.41) is 0. The number of hydrogen-bond acceptors (Lipinski definition) is 2. The van der Waals surface area contributed by atoms with Gasteiger partial charge in [-0.2, -0.15) is 0 Å². The predicted octanol–water partition coefficient (Wildman–Crippen LogP) is 4.30. The van der Waals surface area contributed by atoms with E-state index in [0.717, 1.165) is 5.75 Å². The van der Waals surface area contributed by atoms with Crippen LogP contribution in [0.2, 0.25) is 0 Å². The first-order valence-corrected chi connectivity index (χ1v) is 7.11. The van der Waals surface area contributed by atoms with Gasteiger partial charge in [-0.25, -0.2) is 0 Å². The van der Waals surface area contributed by atoms with Gasteiger partial charge in [0.15, 0.2) is 0 Å². The maximum Gasteiger partial charge on any atom is 0.111 e. The number of benzene rings is 1. The van der Waals surface area contributed by atoms with Crippen molar-refractivity contribution in [3.8, 4) is 0 Å². The van der Waals surface area contributed by atoms with Crippen molar-refractivity contribution in [2.45, 2.75) is 11.0 Å². The number of rotatable bonds is 5. The fraction of sp³-hybridized carbons (Fsp3) is 0.308. The van der Waals surface area contributed by atoms with Gasteiger partial charge in [-0.1, -0.05) is 43.8 Å². The maximum atomic E-state index is 3.69. The van der Waals surface area contributed by atoms with E-state index in [9.17, 15) is 0 Å². The molecular formula is C13H16S2. The third-order valence-corrected chi connectivity index (χ3v) is 5.01. The van der Waals surface area contributed by atoms with Crippen LogP contribution in [0, 0.1) is 0 Å². The Kier molecular flexibility index (Phi) is 5.10. The van der Waals surface area contributed by atoms with Crippen LogP contribution in [0.25, 0.3) is 0 Å². The molecule has 0 heterocycles. The van der Waals surface area contributed by atoms with E-state index in [1.165, 1.54) is 5.56 Å². The molecule has 1 aromatic rings. The second kappa shape index (κ2) is 6.12. The van der Waals surface area contributed by atoms with Gasteiger partial charge in [0.2, 0.25) is 0 Å². The van der Waals surface area contributed by atoms with Crippen LogP contribution < -0.4 is 0 Å². The van der Waals surface area contributed by atoms with Crippen LogP contribution in [-0.4, -0.2) is 12.0 Å². The van der Waals surface area contributed by atoms with Gasteiger partial charge >= 0.3 is 0 Å². The molecule has 1 atom stereocenters. The molecule has 0 spiro atoms. The lowest BCUT2D eigenvalue weighted by atomic mass is 10.1. The Balaban J connectivity index is 3.14. The SMILES string of the molecule is C=C=CC(SC)(SCC)c1ccccc1. The highest BCUT2D eigenvalue weighted by Crippen LogP contribution is 2.46. The van der Waals surface area contributed by atoms with E-state index < -0.39 is 0 Å². The predicted molar refractivity (Wildman–Crippen MR) is 73.5 cm³/mol. The summed E-state index contributed by atoms with van der Waals surface area (Å²) in [5.74, 6) is 1.08. The average molecular weight is 236 g/mol. The highest BCUT2D eigenvalue weighted by Gasteiger charge is 2.27. The number of hydrogen-bond donors (Lipinski definition) is 0. The first-order chi connectivity index (χ1) is 7.29. The lowest BCUT2D eigenvalue weighted by Gasteiger charge is -2.27. The van der Waals surface area contributed by atoms with Gasteiger partial charge in [0.1, 0.15) is 4.08 Å². The van der Waals surface area contributed by atoms with E-state index in [2.05, 4.69) is 55.8 Å². The van der Waals surface area contributed by atoms with Gasteiger partial charge in [0.25, 0.3) is 0 Å². The molecule has 0 aliphatic rings. The van der Waals surface area contributed by atoms with Gasteiger partial charge < -0.3 is 0 Å². The Morgan fingerprint density at radius 1 is 1.40 bits per heavy atom. The molecule has 0 N–H and O–H groups in total. The Bertz CT molecular complexity index is 339. The van der Waals surface area contributed by atoms with E-state index in [-0.39, 0.29) is 4.08 Å². The summed E-state index contributed by atoms with van der Waals surface area (Å²) >= 11 is 3.73. The van der Waals surface area contributed by atoms with Crippen LogP contribution in [0.1, 0.15) is 12.5 Å². The van der Waals surface area contributed by atoms with Gasteiger partial charge in [0, 0.05) is 0 Å². The Hall–Kier alpha value is -0.560. The summed E-state index contributed by atoms with van der Waals surface area (Å²) in [4.78, 5) is 0. The van der Waals surface area contributed by atoms with Crippen LogP contribution in [0.4, 0.5) is 0 Å². The van der Waals surface area contributed by atoms with Crippen molar-refractivity contribution in [1.29, 1.82) is 0 Å². The zero-order valence-electron chi connectivity index (χ0n) is 9.19. The highest BCUT2D eigenvalue weighted by atomic mass is 32.2. The summed E-state index contributed by atoms with van der Waals surface area (Å²) in [6.45, 7) is 5.87. The Morgan fingerprint density at radius 2 is 2.07 bits per heavy atom. The topological polar surface area (TPSA) is 0 Å². The van der Waals surface area contributed by atoms with Crippen LogP contribution in [0.15, 0.2) is 48.7 Å². The molecule has 0 amide bonds. The van der Waals surface area contributed by atoms with Crippen molar-refractivity contribution >= 4 is 23.5 Å². The van der Waals surface area contributed by atoms with E-state index in [0.29, 0.717) is 0 Å². The number of thioether (sulfide) groups is 2. The molecule has 0 nitrogen and oxygen atoms in total. The minimum absolute atomic E-state index is 0.0300. The van der Waals surface area contributed by atoms with Crippen LogP contribution >= 0.6 is 23.5 Å². The molecular weight excluding hydrogens is 220 g/mol. The zero-order valence-corrected chi connectivity index (χ0v) is 10.8. The minimum Gasteiger partial charge on any atom is -0.138 e. The van der Waals surface area contributed by atoms with Gasteiger partial charge in [-0.3, -0.25) is 0 Å². The first-order valence-electron chi connectivity index (χ1n) is 4.90. The highest BCUT2D eigenvalue weighted by molar-refractivity contribution is 8.17. The standard InChI is InChI=1S/C13H16S2/c1-4-11-13(14-3,15-5-2)12-9-7-6-8-10-12/h6-11H,1,5H2,2-3H3. The summed E-state index contributed by atoms with van der Waals surface area (Å²) in [6, 6.07) is 10.5. The molecule has 1 aromatic carbocycles. The van der Waals surface area contributed by atoms with Gasteiger partial charge in [-0.15, -0.1) is 29.3 Å². The fourth-order valence-electron chi connectivity index (χ4n) is 1.46. The molecule has 0 aliphatic heterocycles. The van der Waals surface area contributed by atoms with Crippen molar-refractivity contribution < 1.29 is 0 Å². The molecule has 0 aromatic heterocycles. The van der Waals surface area contributed by atoms with Crippen LogP contribution in [-0.2, 0) is 4.08 Å². The zero-order chi connectivity index (χ0) is 11.1. The van der Waals surface area contributed by atoms with Crippen molar-refractivity contribution in [3.05, 3.63) is 54.3 Å². The summed E-state index contributed by atoms with van der Waals surface area (Å²) < 4.78 is -0.0300. The molecule has 0 aliphatic carbocycles. The van der Waals surface area contributed by atoms with E-state index in [1.54, 1.807) is 0 Å². The lowest BCUT2D eigenvalue weighted by Crippen LogP contribution is -2.13. The molecule has 0 saturated heterocycles. The lowest BCUT2D eigenvalue weighted by molar-refractivity contribution is 1.14. The molecule has 2 heteroatoms. The Morgan fingerprint density at radius 3 is 2.53 bits per heavy atom. The molecule has 80 valence electrons. The van der Waals surface area contributed by atoms with Crippen molar-refractivity contribution in [3.63, 3.8) is 0 Å². The van der Waals surface area contributed by atoms with Gasteiger partial charge in [0.05, 0.1) is 0 Å². The third-order valence-electron chi connectivity index (χ3n) is 2.13. The van der Waals surface area contributed by atoms with E-state index in [1.807, 2.05) is 29.6 Å². The summed E-state index contributed by atoms with van der Waals surface area (Å²) in [6.07, 6.45) is 4.19. The summed E-state index contributed by atoms with van der Waals surface area (Å²) in [7, 11) is 0. The fourth-order valence-corrected chi connectivity index (χ4v) is 3.76. The van der Waals surface area contributed by atoms with Crippen molar-refractivity contribution in [1.82, 2.24) is 0 Å². The molecule has 1 rings (SSSR count). The molecule has 0 saturated carbocycles. The van der Waals surface area contributed by atoms with E-state index >= 15 is 0 Å². The van der Waals surface area contributed by atoms with Crippen LogP contribution in [0.3, 0.4) is 0 Å². The molecule has 15 heavy (non-hydrogen) atoms.